The molecule has 26 nitrogen and oxygen atoms in total. The van der Waals surface area contributed by atoms with Crippen molar-refractivity contribution < 1.29 is 106 Å². The summed E-state index contributed by atoms with van der Waals surface area (Å²) in [6.07, 6.45) is 0. The summed E-state index contributed by atoms with van der Waals surface area (Å²) in [6, 6.07) is 40.0. The zero-order chi connectivity index (χ0) is 56.5. The van der Waals surface area contributed by atoms with Crippen molar-refractivity contribution in [3.05, 3.63) is 223 Å². The maximum atomic E-state index is 13.3. The van der Waals surface area contributed by atoms with Gasteiger partial charge >= 0.3 is 34.1 Å². The van der Waals surface area contributed by atoms with Crippen LogP contribution in [0, 0.1) is 34.1 Å². The largest absolute Gasteiger partial charge is 3.00 e. The van der Waals surface area contributed by atoms with Gasteiger partial charge in [0.05, 0.1) is 32.6 Å². The van der Waals surface area contributed by atoms with Gasteiger partial charge in [0, 0.05) is 95.4 Å². The van der Waals surface area contributed by atoms with Crippen molar-refractivity contribution >= 4 is 34.6 Å². The Morgan fingerprint density at radius 1 is 0.463 bits per heavy atom. The summed E-state index contributed by atoms with van der Waals surface area (Å²) in [6.45, 7) is 3.23. The Hall–Kier alpha value is -9.18. The zero-order valence-corrected chi connectivity index (χ0v) is 45.5. The van der Waals surface area contributed by atoms with E-state index in [9.17, 15) is 50.9 Å². The number of aryl methyl sites for hydroxylation is 2. The quantitative estimate of drug-likeness (QED) is 0.0422. The molecule has 2 aromatic heterocycles. The molecule has 0 aliphatic carbocycles. The summed E-state index contributed by atoms with van der Waals surface area (Å²) < 4.78 is 2.22. The Labute approximate surface area is 478 Å². The van der Waals surface area contributed by atoms with E-state index in [2.05, 4.69) is 30.6 Å². The Morgan fingerprint density at radius 3 is 1.01 bits per heavy atom. The standard InChI is InChI=1S/2C24H19N5O5.2CH4O.2CH3O.2Mn.2H2O/c2*1-15-21(24(32)28(27-15)17-11-13-18(14-12-17)29(33)34)22(16-7-3-2-4-8-16)25-26-23(31)19-9-5-6-10-20(19)30;4*1-2;;;;/h2*2-14,30,32H,1H3,(H,26,31);2*2H,1H3;2*1H3;;;2*1H2/q;;;;2*-1;2*+3;;/p-4/b2*25-22+;;;;;;;;. The van der Waals surface area contributed by atoms with Gasteiger partial charge in [0.2, 0.25) is 0 Å². The summed E-state index contributed by atoms with van der Waals surface area (Å²) in [5, 5.41) is 148. The summed E-state index contributed by atoms with van der Waals surface area (Å²) in [7, 11) is 3.50. The molecule has 8 aromatic rings. The van der Waals surface area contributed by atoms with Crippen LogP contribution in [0.3, 0.4) is 0 Å². The molecule has 0 saturated heterocycles. The van der Waals surface area contributed by atoms with E-state index in [1.54, 1.807) is 98.8 Å². The smallest absolute Gasteiger partial charge is 0.858 e. The second kappa shape index (κ2) is 36.8. The fourth-order valence-corrected chi connectivity index (χ4v) is 6.64. The van der Waals surface area contributed by atoms with E-state index in [1.807, 2.05) is 0 Å². The third kappa shape index (κ3) is 18.5. The Bertz CT molecular complexity index is 3070. The Morgan fingerprint density at radius 2 is 0.738 bits per heavy atom. The van der Waals surface area contributed by atoms with E-state index in [-0.39, 0.29) is 102 Å². The maximum Gasteiger partial charge on any atom is 3.00 e. The molecule has 2 heterocycles. The second-order valence-electron chi connectivity index (χ2n) is 14.4. The molecule has 0 atom stereocenters. The number of nitrogens with zero attached hydrogens (tertiary/aromatic N) is 10. The fourth-order valence-electron chi connectivity index (χ4n) is 6.64. The molecule has 8 N–H and O–H groups in total. The van der Waals surface area contributed by atoms with Crippen LogP contribution >= 0.6 is 0 Å². The van der Waals surface area contributed by atoms with Gasteiger partial charge < -0.3 is 62.0 Å². The van der Waals surface area contributed by atoms with E-state index in [0.29, 0.717) is 33.9 Å². The van der Waals surface area contributed by atoms with Crippen molar-refractivity contribution in [2.24, 2.45) is 20.4 Å². The number of nitro benzene ring substituents is 2. The van der Waals surface area contributed by atoms with Crippen LogP contribution in [-0.2, 0) is 34.1 Å². The molecular formula is C52H52Mn2N10O16. The van der Waals surface area contributed by atoms with Crippen molar-refractivity contribution in [3.63, 3.8) is 0 Å². The molecular weight excluding hydrogens is 1130 g/mol. The van der Waals surface area contributed by atoms with Gasteiger partial charge in [-0.1, -0.05) is 97.1 Å². The molecule has 0 bridgehead atoms. The number of aromatic nitrogens is 4. The average molecular weight is 1180 g/mol. The van der Waals surface area contributed by atoms with Crippen LogP contribution in [0.4, 0.5) is 11.4 Å². The van der Waals surface area contributed by atoms with E-state index < -0.39 is 33.4 Å². The van der Waals surface area contributed by atoms with Gasteiger partial charge in [0.1, 0.15) is 22.9 Å². The number of aliphatic hydroxyl groups is 2. The number of hydrogen-bond donors (Lipinski definition) is 4. The number of rotatable bonds is 12. The molecule has 0 spiro atoms. The maximum absolute atomic E-state index is 13.3. The predicted octanol–water partition coefficient (Wildman–Crippen LogP) is 0.371. The van der Waals surface area contributed by atoms with Gasteiger partial charge in [-0.3, -0.25) is 20.2 Å². The molecule has 0 saturated carbocycles. The van der Waals surface area contributed by atoms with Crippen LogP contribution in [0.25, 0.3) is 11.4 Å². The van der Waals surface area contributed by atoms with Crippen LogP contribution in [0.5, 0.6) is 23.3 Å². The fraction of sp³-hybridized carbons (Fsp3) is 0.115. The first-order chi connectivity index (χ1) is 36.7. The molecule has 0 fully saturated rings. The van der Waals surface area contributed by atoms with Crippen molar-refractivity contribution in [2.75, 3.05) is 28.4 Å². The number of non-ortho nitro benzene ring substituents is 2. The van der Waals surface area contributed by atoms with Crippen molar-refractivity contribution in [1.29, 1.82) is 0 Å². The first-order valence-corrected chi connectivity index (χ1v) is 21.8. The molecule has 420 valence electrons. The minimum absolute atomic E-state index is 0. The summed E-state index contributed by atoms with van der Waals surface area (Å²) in [4.78, 5) is 20.8. The van der Waals surface area contributed by atoms with Crippen LogP contribution in [0.1, 0.15) is 44.8 Å². The van der Waals surface area contributed by atoms with E-state index >= 15 is 0 Å². The summed E-state index contributed by atoms with van der Waals surface area (Å²) in [5.74, 6) is -3.09. The zero-order valence-electron chi connectivity index (χ0n) is 43.1. The topological polar surface area (TPSA) is 454 Å². The Balaban J connectivity index is 0. The minimum Gasteiger partial charge on any atom is -0.858 e. The van der Waals surface area contributed by atoms with Gasteiger partial charge in [-0.2, -0.15) is 44.8 Å². The monoisotopic (exact) mass is 1180 g/mol. The third-order valence-corrected chi connectivity index (χ3v) is 9.96. The minimum atomic E-state index is -0.778. The number of para-hydroxylation sites is 2. The molecule has 0 aliphatic heterocycles. The van der Waals surface area contributed by atoms with Gasteiger partial charge in [-0.15, -0.1) is 0 Å². The first kappa shape index (κ1) is 72.9. The van der Waals surface area contributed by atoms with E-state index in [0.717, 1.165) is 37.8 Å². The predicted molar refractivity (Wildman–Crippen MR) is 278 cm³/mol. The number of nitro groups is 2. The van der Waals surface area contributed by atoms with Crippen molar-refractivity contribution in [2.45, 2.75) is 13.8 Å². The Kier molecular flexibility index (Phi) is 33.5. The van der Waals surface area contributed by atoms with Crippen LogP contribution < -0.4 is 30.6 Å². The first-order valence-electron chi connectivity index (χ1n) is 21.8. The number of benzene rings is 6. The van der Waals surface area contributed by atoms with E-state index in [4.69, 9.17) is 20.4 Å². The number of aliphatic hydroxyl groups excluding tert-OH is 2. The molecule has 8 rings (SSSR count). The average Bonchev–Trinajstić information content (AvgIpc) is 3.93. The molecule has 0 radical (unpaired) electrons. The third-order valence-electron chi connectivity index (χ3n) is 9.96. The molecule has 6 aromatic carbocycles. The van der Waals surface area contributed by atoms with Crippen LogP contribution in [0.2, 0.25) is 0 Å². The second-order valence-corrected chi connectivity index (χ2v) is 14.4. The number of phenols is 2. The normalized spacial score (nSPS) is 10.5. The van der Waals surface area contributed by atoms with Crippen molar-refractivity contribution in [3.8, 4) is 34.6 Å². The van der Waals surface area contributed by atoms with Crippen molar-refractivity contribution in [1.82, 2.24) is 19.6 Å². The van der Waals surface area contributed by atoms with Crippen LogP contribution in [-0.4, -0.2) is 112 Å². The molecule has 0 unspecified atom stereocenters. The van der Waals surface area contributed by atoms with Gasteiger partial charge in [-0.05, 0) is 50.2 Å². The van der Waals surface area contributed by atoms with Gasteiger partial charge in [0.15, 0.2) is 0 Å². The van der Waals surface area contributed by atoms with Gasteiger partial charge in [-0.25, -0.2) is 9.36 Å². The number of hydrogen-bond acceptors (Lipinski definition) is 20. The number of phenolic OH excluding ortho intramolecular Hbond substituents is 2. The van der Waals surface area contributed by atoms with Gasteiger partial charge in [0.25, 0.3) is 11.4 Å². The molecule has 0 aliphatic rings. The summed E-state index contributed by atoms with van der Waals surface area (Å²) >= 11 is 0. The molecule has 0 amide bonds. The van der Waals surface area contributed by atoms with Crippen LogP contribution in [0.15, 0.2) is 178 Å². The van der Waals surface area contributed by atoms with E-state index in [1.165, 1.54) is 72.8 Å². The summed E-state index contributed by atoms with van der Waals surface area (Å²) in [5.41, 5.74) is 2.59. The molecule has 28 heteroatoms. The SMILES string of the molecule is CO.CO.C[O-].C[O-].Cc1nn(-c2ccc([N+](=O)[O-])cc2)c([O-])c1/C(=N/N=C(\[O-])c1ccccc1O)c1ccccc1.Cc1nn(-c2ccc([N+](=O)[O-])cc2)c([O-])c1/C(=N/N=C(\[O-])c1ccccc1O)c1ccccc1.O.O.[Mn+3].[Mn+3]. The molecule has 80 heavy (non-hydrogen) atoms. The number of aromatic hydroxyl groups is 2.